The molecule has 0 spiro atoms. The van der Waals surface area contributed by atoms with E-state index in [9.17, 15) is 9.59 Å². The Bertz CT molecular complexity index is 956. The zero-order valence-corrected chi connectivity index (χ0v) is 19.7. The summed E-state index contributed by atoms with van der Waals surface area (Å²) in [6, 6.07) is 16.3. The van der Waals surface area contributed by atoms with Gasteiger partial charge in [-0.1, -0.05) is 42.5 Å². The fraction of sp³-hybridized carbons (Fsp3) is 0.462. The minimum Gasteiger partial charge on any atom is -0.374 e. The first kappa shape index (κ1) is 23.3. The molecule has 2 aliphatic heterocycles. The van der Waals surface area contributed by atoms with Crippen LogP contribution in [0.2, 0.25) is 0 Å². The summed E-state index contributed by atoms with van der Waals surface area (Å²) in [4.78, 5) is 32.0. The van der Waals surface area contributed by atoms with Gasteiger partial charge in [0.2, 0.25) is 0 Å². The molecule has 2 N–H and O–H groups in total. The van der Waals surface area contributed by atoms with E-state index in [-0.39, 0.29) is 6.04 Å². The summed E-state index contributed by atoms with van der Waals surface area (Å²) in [5.74, 6) is -1.18. The Labute approximate surface area is 196 Å². The first-order valence-electron chi connectivity index (χ1n) is 11.9. The molecular formula is C26H35N5O2. The molecular weight excluding hydrogens is 414 g/mol. The van der Waals surface area contributed by atoms with Crippen molar-refractivity contribution in [3.63, 3.8) is 0 Å². The maximum Gasteiger partial charge on any atom is 0.309 e. The van der Waals surface area contributed by atoms with Crippen LogP contribution in [0, 0.1) is 0 Å². The third-order valence-corrected chi connectivity index (χ3v) is 6.78. The number of hydrogen-bond donors (Lipinski definition) is 2. The summed E-state index contributed by atoms with van der Waals surface area (Å²) in [6.45, 7) is 5.71. The molecule has 1 fully saturated rings. The van der Waals surface area contributed by atoms with Gasteiger partial charge in [-0.3, -0.25) is 14.5 Å². The molecule has 7 heteroatoms. The predicted octanol–water partition coefficient (Wildman–Crippen LogP) is 1.79. The molecule has 0 bridgehead atoms. The lowest BCUT2D eigenvalue weighted by molar-refractivity contribution is -0.139. The van der Waals surface area contributed by atoms with Crippen molar-refractivity contribution < 1.29 is 9.59 Å². The summed E-state index contributed by atoms with van der Waals surface area (Å²) >= 11 is 0. The molecule has 0 saturated carbocycles. The Kier molecular flexibility index (Phi) is 7.62. The highest BCUT2D eigenvalue weighted by atomic mass is 16.2. The Balaban J connectivity index is 1.43. The van der Waals surface area contributed by atoms with Gasteiger partial charge in [-0.25, -0.2) is 0 Å². The highest BCUT2D eigenvalue weighted by Crippen LogP contribution is 2.31. The van der Waals surface area contributed by atoms with Gasteiger partial charge in [-0.15, -0.1) is 0 Å². The molecule has 2 aliphatic rings. The highest BCUT2D eigenvalue weighted by Gasteiger charge is 2.26. The molecule has 176 valence electrons. The number of aryl methyl sites for hydroxylation is 1. The number of fused-ring (bicyclic) bond motifs is 1. The lowest BCUT2D eigenvalue weighted by Gasteiger charge is -2.39. The van der Waals surface area contributed by atoms with Crippen LogP contribution in [0.1, 0.15) is 29.2 Å². The zero-order valence-electron chi connectivity index (χ0n) is 19.7. The van der Waals surface area contributed by atoms with Crippen LogP contribution in [-0.4, -0.2) is 75.0 Å². The van der Waals surface area contributed by atoms with E-state index >= 15 is 0 Å². The van der Waals surface area contributed by atoms with Gasteiger partial charge in [0.1, 0.15) is 0 Å². The van der Waals surface area contributed by atoms with Crippen LogP contribution in [-0.2, 0) is 22.6 Å². The topological polar surface area (TPSA) is 67.9 Å². The van der Waals surface area contributed by atoms with Crippen molar-refractivity contribution in [3.8, 4) is 0 Å². The molecule has 2 heterocycles. The van der Waals surface area contributed by atoms with E-state index in [1.807, 2.05) is 30.3 Å². The second-order valence-electron chi connectivity index (χ2n) is 9.15. The first-order valence-corrected chi connectivity index (χ1v) is 11.9. The number of anilines is 1. The van der Waals surface area contributed by atoms with E-state index in [0.29, 0.717) is 13.1 Å². The fourth-order valence-corrected chi connectivity index (χ4v) is 4.73. The maximum atomic E-state index is 12.6. The number of benzene rings is 2. The van der Waals surface area contributed by atoms with Gasteiger partial charge in [0, 0.05) is 58.5 Å². The Morgan fingerprint density at radius 3 is 2.39 bits per heavy atom. The Hall–Kier alpha value is -2.90. The third kappa shape index (κ3) is 5.92. The molecule has 2 aromatic rings. The Morgan fingerprint density at radius 1 is 0.909 bits per heavy atom. The molecule has 33 heavy (non-hydrogen) atoms. The second kappa shape index (κ2) is 10.8. The number of nitrogens with zero attached hydrogens (tertiary/aromatic N) is 3. The predicted molar refractivity (Wildman–Crippen MR) is 131 cm³/mol. The van der Waals surface area contributed by atoms with Crippen molar-refractivity contribution in [2.24, 2.45) is 0 Å². The molecule has 4 rings (SSSR count). The minimum absolute atomic E-state index is 0.0436. The van der Waals surface area contributed by atoms with Gasteiger partial charge >= 0.3 is 11.8 Å². The number of hydrogen-bond acceptors (Lipinski definition) is 5. The van der Waals surface area contributed by atoms with Crippen LogP contribution < -0.4 is 15.5 Å². The van der Waals surface area contributed by atoms with Crippen LogP contribution in [0.5, 0.6) is 0 Å². The fourth-order valence-electron chi connectivity index (χ4n) is 4.73. The van der Waals surface area contributed by atoms with E-state index < -0.39 is 11.8 Å². The lowest BCUT2D eigenvalue weighted by atomic mass is 9.95. The van der Waals surface area contributed by atoms with Gasteiger partial charge in [0.05, 0.1) is 6.04 Å². The lowest BCUT2D eigenvalue weighted by Crippen LogP contribution is -2.49. The SMILES string of the molecule is CN1CCN([C@@H](CNC(=O)C(=O)NCc2ccccc2)c2ccc3c(c2)CCCN3C)CC1. The van der Waals surface area contributed by atoms with Gasteiger partial charge in [-0.05, 0) is 42.6 Å². The highest BCUT2D eigenvalue weighted by molar-refractivity contribution is 6.35. The summed E-state index contributed by atoms with van der Waals surface area (Å²) < 4.78 is 0. The summed E-state index contributed by atoms with van der Waals surface area (Å²) in [5.41, 5.74) is 4.84. The quantitative estimate of drug-likeness (QED) is 0.659. The average molecular weight is 450 g/mol. The molecule has 0 unspecified atom stereocenters. The van der Waals surface area contributed by atoms with E-state index in [2.05, 4.69) is 57.6 Å². The van der Waals surface area contributed by atoms with E-state index in [1.54, 1.807) is 0 Å². The van der Waals surface area contributed by atoms with Crippen molar-refractivity contribution in [2.45, 2.75) is 25.4 Å². The van der Waals surface area contributed by atoms with Crippen LogP contribution in [0.15, 0.2) is 48.5 Å². The van der Waals surface area contributed by atoms with E-state index in [0.717, 1.165) is 51.1 Å². The van der Waals surface area contributed by atoms with Crippen molar-refractivity contribution in [1.29, 1.82) is 0 Å². The standard InChI is InChI=1S/C26H35N5O2/c1-29-13-15-31(16-14-29)24(22-10-11-23-21(17-22)9-6-12-30(23)2)19-28-26(33)25(32)27-18-20-7-4-3-5-8-20/h3-5,7-8,10-11,17,24H,6,9,12-16,18-19H2,1-2H3,(H,27,32)(H,28,33)/t24-/m0/s1. The number of carbonyl (C=O) groups is 2. The number of piperazine rings is 1. The summed E-state index contributed by atoms with van der Waals surface area (Å²) in [7, 11) is 4.28. The molecule has 1 saturated heterocycles. The summed E-state index contributed by atoms with van der Waals surface area (Å²) in [6.07, 6.45) is 2.24. The summed E-state index contributed by atoms with van der Waals surface area (Å²) in [5, 5.41) is 5.61. The monoisotopic (exact) mass is 449 g/mol. The van der Waals surface area contributed by atoms with Gasteiger partial charge < -0.3 is 20.4 Å². The smallest absolute Gasteiger partial charge is 0.309 e. The number of likely N-dealkylation sites (N-methyl/N-ethyl adjacent to an activating group) is 1. The van der Waals surface area contributed by atoms with Crippen molar-refractivity contribution in [3.05, 3.63) is 65.2 Å². The van der Waals surface area contributed by atoms with E-state index in [1.165, 1.54) is 16.8 Å². The van der Waals surface area contributed by atoms with Crippen LogP contribution in [0.4, 0.5) is 5.69 Å². The molecule has 2 amide bonds. The van der Waals surface area contributed by atoms with Gasteiger partial charge in [0.15, 0.2) is 0 Å². The number of carbonyl (C=O) groups excluding carboxylic acids is 2. The molecule has 0 aliphatic carbocycles. The number of rotatable bonds is 6. The number of nitrogens with one attached hydrogen (secondary N) is 2. The average Bonchev–Trinajstić information content (AvgIpc) is 2.84. The third-order valence-electron chi connectivity index (χ3n) is 6.78. The normalized spacial score (nSPS) is 17.8. The largest absolute Gasteiger partial charge is 0.374 e. The molecule has 1 atom stereocenters. The van der Waals surface area contributed by atoms with Crippen molar-refractivity contribution >= 4 is 17.5 Å². The molecule has 2 aromatic carbocycles. The molecule has 0 radical (unpaired) electrons. The van der Waals surface area contributed by atoms with Gasteiger partial charge in [0.25, 0.3) is 0 Å². The van der Waals surface area contributed by atoms with Crippen LogP contribution in [0.25, 0.3) is 0 Å². The first-order chi connectivity index (χ1) is 16.0. The molecule has 7 nitrogen and oxygen atoms in total. The van der Waals surface area contributed by atoms with Crippen LogP contribution in [0.3, 0.4) is 0 Å². The maximum absolute atomic E-state index is 12.6. The van der Waals surface area contributed by atoms with E-state index in [4.69, 9.17) is 0 Å². The van der Waals surface area contributed by atoms with Crippen LogP contribution >= 0.6 is 0 Å². The van der Waals surface area contributed by atoms with Crippen molar-refractivity contribution in [2.75, 3.05) is 58.3 Å². The van der Waals surface area contributed by atoms with Gasteiger partial charge in [-0.2, -0.15) is 0 Å². The zero-order chi connectivity index (χ0) is 23.2. The Morgan fingerprint density at radius 2 is 1.64 bits per heavy atom. The second-order valence-corrected chi connectivity index (χ2v) is 9.15. The van der Waals surface area contributed by atoms with Crippen molar-refractivity contribution in [1.82, 2.24) is 20.4 Å². The number of amides is 2. The molecule has 0 aromatic heterocycles. The minimum atomic E-state index is -0.594.